The number of ether oxygens (including phenoxy) is 1. The van der Waals surface area contributed by atoms with E-state index in [9.17, 15) is 14.4 Å². The Bertz CT molecular complexity index is 318. The van der Waals surface area contributed by atoms with Gasteiger partial charge in [0, 0.05) is 12.8 Å². The largest absolute Gasteiger partial charge is 0.444 e. The molecular formula is C14H25NO4. The molecule has 0 aromatic heterocycles. The van der Waals surface area contributed by atoms with Crippen LogP contribution in [0, 0.1) is 5.92 Å². The third-order valence-electron chi connectivity index (χ3n) is 2.30. The summed E-state index contributed by atoms with van der Waals surface area (Å²) in [5, 5.41) is 2.59. The van der Waals surface area contributed by atoms with Gasteiger partial charge in [-0.2, -0.15) is 0 Å². The second-order valence-corrected chi connectivity index (χ2v) is 6.00. The summed E-state index contributed by atoms with van der Waals surface area (Å²) in [5.41, 5.74) is -0.599. The zero-order chi connectivity index (χ0) is 15.1. The van der Waals surface area contributed by atoms with Gasteiger partial charge in [0.25, 0.3) is 0 Å². The van der Waals surface area contributed by atoms with Crippen molar-refractivity contribution in [1.82, 2.24) is 5.32 Å². The second kappa shape index (κ2) is 7.92. The summed E-state index contributed by atoms with van der Waals surface area (Å²) in [4.78, 5) is 33.9. The van der Waals surface area contributed by atoms with E-state index in [1.807, 2.05) is 13.8 Å². The molecule has 110 valence electrons. The van der Waals surface area contributed by atoms with Gasteiger partial charge in [-0.1, -0.05) is 13.8 Å². The van der Waals surface area contributed by atoms with Crippen molar-refractivity contribution in [3.63, 3.8) is 0 Å². The molecular weight excluding hydrogens is 246 g/mol. The first-order valence-corrected chi connectivity index (χ1v) is 6.61. The normalized spacial score (nSPS) is 12.9. The first-order valence-electron chi connectivity index (χ1n) is 6.61. The summed E-state index contributed by atoms with van der Waals surface area (Å²) in [6, 6.07) is -0.588. The van der Waals surface area contributed by atoms with E-state index in [2.05, 4.69) is 5.32 Å². The molecule has 0 aromatic carbocycles. The molecule has 0 saturated heterocycles. The SMILES string of the molecule is CC(C)CC(NC(=O)OC(C)(C)C)C(=O)CCC=O. The molecule has 0 aliphatic rings. The molecule has 1 unspecified atom stereocenters. The van der Waals surface area contributed by atoms with Crippen molar-refractivity contribution in [3.8, 4) is 0 Å². The maximum atomic E-state index is 11.9. The van der Waals surface area contributed by atoms with E-state index in [4.69, 9.17) is 4.74 Å². The number of rotatable bonds is 7. The number of carbonyl (C=O) groups is 3. The van der Waals surface area contributed by atoms with E-state index in [0.29, 0.717) is 12.7 Å². The third kappa shape index (κ3) is 9.22. The number of hydrogen-bond acceptors (Lipinski definition) is 4. The molecule has 0 radical (unpaired) electrons. The topological polar surface area (TPSA) is 72.5 Å². The number of hydrogen-bond donors (Lipinski definition) is 1. The lowest BCUT2D eigenvalue weighted by Crippen LogP contribution is -2.44. The van der Waals surface area contributed by atoms with E-state index in [1.54, 1.807) is 20.8 Å². The lowest BCUT2D eigenvalue weighted by atomic mass is 9.98. The van der Waals surface area contributed by atoms with Crippen molar-refractivity contribution >= 4 is 18.2 Å². The van der Waals surface area contributed by atoms with Crippen LogP contribution in [-0.2, 0) is 14.3 Å². The quantitative estimate of drug-likeness (QED) is 0.722. The van der Waals surface area contributed by atoms with Crippen LogP contribution in [0.4, 0.5) is 4.79 Å². The van der Waals surface area contributed by atoms with Crippen LogP contribution in [0.5, 0.6) is 0 Å². The number of carbonyl (C=O) groups excluding carboxylic acids is 3. The maximum Gasteiger partial charge on any atom is 0.408 e. The fourth-order valence-corrected chi connectivity index (χ4v) is 1.57. The lowest BCUT2D eigenvalue weighted by molar-refractivity contribution is -0.122. The summed E-state index contributed by atoms with van der Waals surface area (Å²) in [6.07, 6.45) is 0.979. The van der Waals surface area contributed by atoms with Crippen LogP contribution < -0.4 is 5.32 Å². The van der Waals surface area contributed by atoms with Gasteiger partial charge in [-0.25, -0.2) is 4.79 Å². The van der Waals surface area contributed by atoms with Gasteiger partial charge in [0.1, 0.15) is 11.9 Å². The molecule has 0 saturated carbocycles. The molecule has 0 aliphatic heterocycles. The first kappa shape index (κ1) is 17.6. The van der Waals surface area contributed by atoms with Crippen LogP contribution in [0.3, 0.4) is 0 Å². The molecule has 19 heavy (non-hydrogen) atoms. The van der Waals surface area contributed by atoms with Crippen molar-refractivity contribution in [2.75, 3.05) is 0 Å². The van der Waals surface area contributed by atoms with Gasteiger partial charge >= 0.3 is 6.09 Å². The van der Waals surface area contributed by atoms with Crippen LogP contribution >= 0.6 is 0 Å². The molecule has 0 aliphatic carbocycles. The fraction of sp³-hybridized carbons (Fsp3) is 0.786. The van der Waals surface area contributed by atoms with Crippen LogP contribution in [0.15, 0.2) is 0 Å². The highest BCUT2D eigenvalue weighted by Gasteiger charge is 2.24. The molecule has 1 N–H and O–H groups in total. The minimum atomic E-state index is -0.599. The summed E-state index contributed by atoms with van der Waals surface area (Å²) >= 11 is 0. The van der Waals surface area contributed by atoms with Gasteiger partial charge < -0.3 is 14.8 Å². The predicted octanol–water partition coefficient (Wildman–Crippen LogP) is 2.47. The van der Waals surface area contributed by atoms with Crippen LogP contribution in [0.25, 0.3) is 0 Å². The van der Waals surface area contributed by atoms with Crippen LogP contribution in [0.2, 0.25) is 0 Å². The molecule has 5 nitrogen and oxygen atoms in total. The van der Waals surface area contributed by atoms with Gasteiger partial charge in [-0.3, -0.25) is 4.79 Å². The van der Waals surface area contributed by atoms with E-state index >= 15 is 0 Å². The molecule has 0 fully saturated rings. The standard InChI is InChI=1S/C14H25NO4/c1-10(2)9-11(12(17)7-6-8-16)15-13(18)19-14(3,4)5/h8,10-11H,6-7,9H2,1-5H3,(H,15,18). The van der Waals surface area contributed by atoms with Crippen molar-refractivity contribution in [2.45, 2.75) is 65.5 Å². The number of aldehydes is 1. The Morgan fingerprint density at radius 2 is 1.84 bits per heavy atom. The number of Topliss-reactive ketones (excluding diaryl/α,β-unsaturated/α-hetero) is 1. The highest BCUT2D eigenvalue weighted by molar-refractivity contribution is 5.88. The molecule has 1 atom stereocenters. The zero-order valence-electron chi connectivity index (χ0n) is 12.5. The Kier molecular flexibility index (Phi) is 7.34. The highest BCUT2D eigenvalue weighted by atomic mass is 16.6. The van der Waals surface area contributed by atoms with Gasteiger partial charge in [-0.15, -0.1) is 0 Å². The minimum Gasteiger partial charge on any atom is -0.444 e. The average molecular weight is 271 g/mol. The van der Waals surface area contributed by atoms with Crippen molar-refractivity contribution in [2.24, 2.45) is 5.92 Å². The fourth-order valence-electron chi connectivity index (χ4n) is 1.57. The number of nitrogens with one attached hydrogen (secondary N) is 1. The third-order valence-corrected chi connectivity index (χ3v) is 2.30. The summed E-state index contributed by atoms with van der Waals surface area (Å²) in [5.74, 6) is 0.131. The minimum absolute atomic E-state index is 0.133. The summed E-state index contributed by atoms with van der Waals surface area (Å²) in [7, 11) is 0. The van der Waals surface area contributed by atoms with Gasteiger partial charge in [0.05, 0.1) is 6.04 Å². The van der Waals surface area contributed by atoms with Gasteiger partial charge in [-0.05, 0) is 33.1 Å². The van der Waals surface area contributed by atoms with Crippen LogP contribution in [-0.4, -0.2) is 29.8 Å². The van der Waals surface area contributed by atoms with Crippen LogP contribution in [0.1, 0.15) is 53.9 Å². The molecule has 5 heteroatoms. The Hall–Kier alpha value is -1.39. The molecule has 0 heterocycles. The Morgan fingerprint density at radius 1 is 1.26 bits per heavy atom. The summed E-state index contributed by atoms with van der Waals surface area (Å²) < 4.78 is 5.13. The molecule has 0 aromatic rings. The molecule has 0 rings (SSSR count). The number of ketones is 1. The highest BCUT2D eigenvalue weighted by Crippen LogP contribution is 2.11. The van der Waals surface area contributed by atoms with E-state index in [0.717, 1.165) is 0 Å². The van der Waals surface area contributed by atoms with Crippen molar-refractivity contribution < 1.29 is 19.1 Å². The Balaban J connectivity index is 4.54. The monoisotopic (exact) mass is 271 g/mol. The summed E-state index contributed by atoms with van der Waals surface area (Å²) in [6.45, 7) is 9.22. The zero-order valence-corrected chi connectivity index (χ0v) is 12.5. The molecule has 1 amide bonds. The average Bonchev–Trinajstić information content (AvgIpc) is 2.21. The number of alkyl carbamates (subject to hydrolysis) is 1. The maximum absolute atomic E-state index is 11.9. The number of amides is 1. The van der Waals surface area contributed by atoms with E-state index < -0.39 is 17.7 Å². The first-order chi connectivity index (χ1) is 8.65. The van der Waals surface area contributed by atoms with E-state index in [1.165, 1.54) is 0 Å². The Labute approximate surface area is 115 Å². The second-order valence-electron chi connectivity index (χ2n) is 6.00. The van der Waals surface area contributed by atoms with E-state index in [-0.39, 0.29) is 24.5 Å². The molecule has 0 spiro atoms. The van der Waals surface area contributed by atoms with Crippen molar-refractivity contribution in [3.05, 3.63) is 0 Å². The Morgan fingerprint density at radius 3 is 2.26 bits per heavy atom. The van der Waals surface area contributed by atoms with Gasteiger partial charge in [0.2, 0.25) is 0 Å². The predicted molar refractivity (Wildman–Crippen MR) is 72.9 cm³/mol. The lowest BCUT2D eigenvalue weighted by Gasteiger charge is -2.23. The molecule has 0 bridgehead atoms. The van der Waals surface area contributed by atoms with Crippen molar-refractivity contribution in [1.29, 1.82) is 0 Å². The smallest absolute Gasteiger partial charge is 0.408 e. The van der Waals surface area contributed by atoms with Gasteiger partial charge in [0.15, 0.2) is 5.78 Å².